The van der Waals surface area contributed by atoms with Crippen LogP contribution in [0.3, 0.4) is 0 Å². The maximum Gasteiger partial charge on any atom is 0.151 e. The third kappa shape index (κ3) is 3.28. The Morgan fingerprint density at radius 3 is 2.28 bits per heavy atom. The van der Waals surface area contributed by atoms with Crippen molar-refractivity contribution in [3.8, 4) is 22.8 Å². The number of anilines is 6. The van der Waals surface area contributed by atoms with Gasteiger partial charge < -0.3 is 19.4 Å². The molecule has 1 aromatic heterocycles. The fourth-order valence-electron chi connectivity index (χ4n) is 5.13. The standard InChI is InChI=1S/C31H24N4O/c1-33-21-34(27-13-3-2-12-26(27)33)23-16-17-31-29(20-23)35(28-14-4-5-15-30(28)36-31)24-10-8-9-22(19-24)25-11-6-7-18-32-25/h2-20H,21H2,1H3. The number of hydrogen-bond acceptors (Lipinski definition) is 5. The number of nitrogens with zero attached hydrogens (tertiary/aromatic N) is 4. The molecular formula is C31H24N4O. The zero-order valence-corrected chi connectivity index (χ0v) is 19.9. The van der Waals surface area contributed by atoms with Gasteiger partial charge in [-0.3, -0.25) is 4.98 Å². The van der Waals surface area contributed by atoms with Crippen molar-refractivity contribution in [3.05, 3.63) is 115 Å². The van der Waals surface area contributed by atoms with Crippen molar-refractivity contribution in [3.63, 3.8) is 0 Å². The van der Waals surface area contributed by atoms with Gasteiger partial charge in [0.1, 0.15) is 0 Å². The monoisotopic (exact) mass is 468 g/mol. The fourth-order valence-corrected chi connectivity index (χ4v) is 5.13. The lowest BCUT2D eigenvalue weighted by atomic mass is 10.1. The van der Waals surface area contributed by atoms with Crippen molar-refractivity contribution in [2.75, 3.05) is 28.4 Å². The van der Waals surface area contributed by atoms with Gasteiger partial charge in [-0.1, -0.05) is 42.5 Å². The molecule has 3 heterocycles. The van der Waals surface area contributed by atoms with Crippen molar-refractivity contribution in [2.24, 2.45) is 0 Å². The van der Waals surface area contributed by atoms with E-state index in [-0.39, 0.29) is 0 Å². The van der Waals surface area contributed by atoms with Gasteiger partial charge in [0.25, 0.3) is 0 Å². The summed E-state index contributed by atoms with van der Waals surface area (Å²) in [5.41, 5.74) is 8.68. The number of rotatable bonds is 3. The minimum Gasteiger partial charge on any atom is -0.453 e. The molecule has 0 unspecified atom stereocenters. The molecule has 2 aliphatic heterocycles. The maximum atomic E-state index is 6.37. The van der Waals surface area contributed by atoms with Crippen LogP contribution in [0.25, 0.3) is 11.3 Å². The highest BCUT2D eigenvalue weighted by Gasteiger charge is 2.29. The van der Waals surface area contributed by atoms with Gasteiger partial charge in [0.2, 0.25) is 0 Å². The number of fused-ring (bicyclic) bond motifs is 3. The van der Waals surface area contributed by atoms with Crippen LogP contribution in [0.2, 0.25) is 0 Å². The van der Waals surface area contributed by atoms with Gasteiger partial charge in [0, 0.05) is 30.2 Å². The van der Waals surface area contributed by atoms with Crippen LogP contribution >= 0.6 is 0 Å². The first-order chi connectivity index (χ1) is 17.8. The van der Waals surface area contributed by atoms with Crippen LogP contribution in [0.15, 0.2) is 115 Å². The second-order valence-corrected chi connectivity index (χ2v) is 9.08. The van der Waals surface area contributed by atoms with E-state index in [1.807, 2.05) is 36.5 Å². The van der Waals surface area contributed by atoms with E-state index in [1.165, 1.54) is 11.4 Å². The topological polar surface area (TPSA) is 31.8 Å². The van der Waals surface area contributed by atoms with Crippen LogP contribution in [0.1, 0.15) is 0 Å². The first kappa shape index (κ1) is 20.6. The summed E-state index contributed by atoms with van der Waals surface area (Å²) in [7, 11) is 2.13. The SMILES string of the molecule is CN1CN(c2ccc3c(c2)N(c2cccc(-c4ccccn4)c2)c2ccccc2O3)c2ccccc21. The summed E-state index contributed by atoms with van der Waals surface area (Å²) in [6.45, 7) is 0.796. The summed E-state index contributed by atoms with van der Waals surface area (Å²) >= 11 is 0. The summed E-state index contributed by atoms with van der Waals surface area (Å²) in [5, 5.41) is 0. The van der Waals surface area contributed by atoms with Crippen LogP contribution in [-0.2, 0) is 0 Å². The van der Waals surface area contributed by atoms with Crippen LogP contribution in [-0.4, -0.2) is 18.7 Å². The van der Waals surface area contributed by atoms with Crippen molar-refractivity contribution in [1.82, 2.24) is 4.98 Å². The Morgan fingerprint density at radius 1 is 0.639 bits per heavy atom. The molecule has 0 saturated carbocycles. The first-order valence-electron chi connectivity index (χ1n) is 12.1. The minimum atomic E-state index is 0.796. The van der Waals surface area contributed by atoms with E-state index < -0.39 is 0 Å². The lowest BCUT2D eigenvalue weighted by molar-refractivity contribution is 0.477. The molecule has 4 aromatic carbocycles. The first-order valence-corrected chi connectivity index (χ1v) is 12.1. The van der Waals surface area contributed by atoms with E-state index >= 15 is 0 Å². The maximum absolute atomic E-state index is 6.37. The Balaban J connectivity index is 1.38. The second kappa shape index (κ2) is 8.17. The number of para-hydroxylation sites is 4. The van der Waals surface area contributed by atoms with E-state index in [1.54, 1.807) is 0 Å². The van der Waals surface area contributed by atoms with Crippen molar-refractivity contribution < 1.29 is 4.74 Å². The van der Waals surface area contributed by atoms with Gasteiger partial charge in [-0.25, -0.2) is 0 Å². The van der Waals surface area contributed by atoms with E-state index in [4.69, 9.17) is 4.74 Å². The molecule has 0 radical (unpaired) electrons. The van der Waals surface area contributed by atoms with Gasteiger partial charge in [-0.15, -0.1) is 0 Å². The Morgan fingerprint density at radius 2 is 1.42 bits per heavy atom. The molecule has 0 bridgehead atoms. The Kier molecular flexibility index (Phi) is 4.67. The molecule has 174 valence electrons. The molecule has 5 aromatic rings. The molecule has 0 spiro atoms. The average molecular weight is 469 g/mol. The van der Waals surface area contributed by atoms with Gasteiger partial charge in [-0.2, -0.15) is 0 Å². The highest BCUT2D eigenvalue weighted by molar-refractivity contribution is 5.90. The largest absolute Gasteiger partial charge is 0.453 e. The summed E-state index contributed by atoms with van der Waals surface area (Å²) in [6.07, 6.45) is 1.83. The number of benzene rings is 4. The zero-order valence-electron chi connectivity index (χ0n) is 19.9. The smallest absolute Gasteiger partial charge is 0.151 e. The Hall–Kier alpha value is -4.77. The number of hydrogen-bond donors (Lipinski definition) is 0. The molecule has 7 rings (SSSR count). The third-order valence-electron chi connectivity index (χ3n) is 6.82. The predicted octanol–water partition coefficient (Wildman–Crippen LogP) is 7.87. The van der Waals surface area contributed by atoms with Crippen LogP contribution in [0, 0.1) is 0 Å². The molecule has 0 fully saturated rings. The van der Waals surface area contributed by atoms with Crippen molar-refractivity contribution >= 4 is 34.1 Å². The molecular weight excluding hydrogens is 444 g/mol. The number of aromatic nitrogens is 1. The second-order valence-electron chi connectivity index (χ2n) is 9.08. The Labute approximate surface area is 210 Å². The summed E-state index contributed by atoms with van der Waals surface area (Å²) < 4.78 is 6.37. The average Bonchev–Trinajstić information content (AvgIpc) is 3.28. The van der Waals surface area contributed by atoms with E-state index in [0.29, 0.717) is 0 Å². The lowest BCUT2D eigenvalue weighted by Crippen LogP contribution is -2.24. The molecule has 5 nitrogen and oxygen atoms in total. The van der Waals surface area contributed by atoms with E-state index in [2.05, 4.69) is 106 Å². The van der Waals surface area contributed by atoms with Gasteiger partial charge >= 0.3 is 0 Å². The lowest BCUT2D eigenvalue weighted by Gasteiger charge is -2.34. The van der Waals surface area contributed by atoms with Gasteiger partial charge in [-0.05, 0) is 66.7 Å². The van der Waals surface area contributed by atoms with Crippen molar-refractivity contribution in [2.45, 2.75) is 0 Å². The third-order valence-corrected chi connectivity index (χ3v) is 6.82. The predicted molar refractivity (Wildman–Crippen MR) is 146 cm³/mol. The van der Waals surface area contributed by atoms with E-state index in [9.17, 15) is 0 Å². The highest BCUT2D eigenvalue weighted by Crippen LogP contribution is 2.52. The van der Waals surface area contributed by atoms with Gasteiger partial charge in [0.15, 0.2) is 11.5 Å². The molecule has 2 aliphatic rings. The molecule has 0 aliphatic carbocycles. The number of pyridine rings is 1. The molecule has 5 heteroatoms. The van der Waals surface area contributed by atoms with Crippen molar-refractivity contribution in [1.29, 1.82) is 0 Å². The van der Waals surface area contributed by atoms with E-state index in [0.717, 1.165) is 52.2 Å². The highest BCUT2D eigenvalue weighted by atomic mass is 16.5. The van der Waals surface area contributed by atoms with Crippen LogP contribution < -0.4 is 19.4 Å². The molecule has 0 amide bonds. The molecule has 0 N–H and O–H groups in total. The molecule has 36 heavy (non-hydrogen) atoms. The van der Waals surface area contributed by atoms with Gasteiger partial charge in [0.05, 0.1) is 35.1 Å². The Bertz CT molecular complexity index is 1580. The quantitative estimate of drug-likeness (QED) is 0.264. The number of ether oxygens (including phenoxy) is 1. The minimum absolute atomic E-state index is 0.796. The summed E-state index contributed by atoms with van der Waals surface area (Å²) in [6, 6.07) is 37.7. The summed E-state index contributed by atoms with van der Waals surface area (Å²) in [5.74, 6) is 1.67. The normalized spacial score (nSPS) is 13.6. The fraction of sp³-hybridized carbons (Fsp3) is 0.0645. The molecule has 0 atom stereocenters. The van der Waals surface area contributed by atoms with Crippen LogP contribution in [0.4, 0.5) is 34.1 Å². The van der Waals surface area contributed by atoms with Crippen LogP contribution in [0.5, 0.6) is 11.5 Å². The molecule has 0 saturated heterocycles. The summed E-state index contributed by atoms with van der Waals surface area (Å²) in [4.78, 5) is 11.5. The zero-order chi connectivity index (χ0) is 24.1.